The van der Waals surface area contributed by atoms with Crippen LogP contribution in [0, 0.1) is 11.8 Å². The smallest absolute Gasteiger partial charge is 0.308 e. The van der Waals surface area contributed by atoms with Crippen LogP contribution in [-0.4, -0.2) is 25.2 Å². The number of hydrogen-bond donors (Lipinski definition) is 0. The van der Waals surface area contributed by atoms with Crippen LogP contribution in [0.4, 0.5) is 0 Å². The molecule has 0 bridgehead atoms. The van der Waals surface area contributed by atoms with Crippen LogP contribution in [0.25, 0.3) is 0 Å². The zero-order valence-corrected chi connectivity index (χ0v) is 12.9. The molecule has 2 unspecified atom stereocenters. The molecule has 2 atom stereocenters. The molecule has 0 saturated heterocycles. The Morgan fingerprint density at radius 2 is 1.50 bits per heavy atom. The van der Waals surface area contributed by atoms with Crippen LogP contribution >= 0.6 is 0 Å². The summed E-state index contributed by atoms with van der Waals surface area (Å²) >= 11 is 0. The molecule has 0 aromatic rings. The van der Waals surface area contributed by atoms with Gasteiger partial charge in [0.05, 0.1) is 25.0 Å². The second-order valence-corrected chi connectivity index (χ2v) is 5.60. The van der Waals surface area contributed by atoms with Crippen LogP contribution in [0.3, 0.4) is 0 Å². The number of carbonyl (C=O) groups is 2. The third-order valence-electron chi connectivity index (χ3n) is 3.78. The van der Waals surface area contributed by atoms with E-state index in [2.05, 4.69) is 6.92 Å². The van der Waals surface area contributed by atoms with Gasteiger partial charge in [-0.15, -0.1) is 0 Å². The van der Waals surface area contributed by atoms with Crippen LogP contribution < -0.4 is 0 Å². The van der Waals surface area contributed by atoms with E-state index >= 15 is 0 Å². The van der Waals surface area contributed by atoms with Gasteiger partial charge in [0.1, 0.15) is 0 Å². The number of esters is 2. The minimum absolute atomic E-state index is 0.121. The summed E-state index contributed by atoms with van der Waals surface area (Å²) in [5.74, 6) is -0.516. The zero-order valence-electron chi connectivity index (χ0n) is 12.9. The third-order valence-corrected chi connectivity index (χ3v) is 3.78. The Morgan fingerprint density at radius 3 is 2.05 bits per heavy atom. The normalized spacial score (nSPS) is 22.3. The van der Waals surface area contributed by atoms with Crippen molar-refractivity contribution in [3.8, 4) is 0 Å². The van der Waals surface area contributed by atoms with E-state index in [1.54, 1.807) is 0 Å². The SMILES string of the molecule is CCCCCOC(=O)C1CCCC(C(=O)OCCC)C1. The topological polar surface area (TPSA) is 52.6 Å². The molecule has 1 saturated carbocycles. The first-order chi connectivity index (χ1) is 9.69. The standard InChI is InChI=1S/C16H28O4/c1-3-5-6-11-20-16(18)14-9-7-8-13(12-14)15(17)19-10-4-2/h13-14H,3-12H2,1-2H3. The van der Waals surface area contributed by atoms with Gasteiger partial charge in [-0.05, 0) is 32.1 Å². The molecule has 1 aliphatic rings. The predicted octanol–water partition coefficient (Wildman–Crippen LogP) is 3.48. The molecule has 1 rings (SSSR count). The number of carbonyl (C=O) groups excluding carboxylic acids is 2. The van der Waals surface area contributed by atoms with E-state index in [-0.39, 0.29) is 23.8 Å². The summed E-state index contributed by atoms with van der Waals surface area (Å²) in [5.41, 5.74) is 0. The minimum atomic E-state index is -0.143. The lowest BCUT2D eigenvalue weighted by molar-refractivity contribution is -0.155. The Hall–Kier alpha value is -1.06. The maximum atomic E-state index is 12.0. The molecule has 4 nitrogen and oxygen atoms in total. The molecule has 116 valence electrons. The van der Waals surface area contributed by atoms with Crippen molar-refractivity contribution in [2.24, 2.45) is 11.8 Å². The van der Waals surface area contributed by atoms with Gasteiger partial charge in [0.15, 0.2) is 0 Å². The fourth-order valence-corrected chi connectivity index (χ4v) is 2.58. The highest BCUT2D eigenvalue weighted by Gasteiger charge is 2.32. The van der Waals surface area contributed by atoms with Gasteiger partial charge in [-0.1, -0.05) is 33.1 Å². The summed E-state index contributed by atoms with van der Waals surface area (Å²) in [6.45, 7) is 5.08. The van der Waals surface area contributed by atoms with Crippen molar-refractivity contribution in [3.05, 3.63) is 0 Å². The van der Waals surface area contributed by atoms with Crippen molar-refractivity contribution >= 4 is 11.9 Å². The molecule has 4 heteroatoms. The molecule has 0 N–H and O–H groups in total. The first-order valence-corrected chi connectivity index (χ1v) is 8.02. The van der Waals surface area contributed by atoms with Gasteiger partial charge in [-0.3, -0.25) is 9.59 Å². The summed E-state index contributed by atoms with van der Waals surface area (Å²) in [6, 6.07) is 0. The van der Waals surface area contributed by atoms with E-state index in [0.717, 1.165) is 44.9 Å². The average Bonchev–Trinajstić information content (AvgIpc) is 2.49. The Balaban J connectivity index is 2.32. The Bertz CT molecular complexity index is 301. The summed E-state index contributed by atoms with van der Waals surface area (Å²) in [6.07, 6.45) is 7.14. The van der Waals surface area contributed by atoms with Crippen molar-refractivity contribution in [3.63, 3.8) is 0 Å². The van der Waals surface area contributed by atoms with Gasteiger partial charge in [-0.25, -0.2) is 0 Å². The van der Waals surface area contributed by atoms with Gasteiger partial charge in [0.25, 0.3) is 0 Å². The summed E-state index contributed by atoms with van der Waals surface area (Å²) in [4.78, 5) is 23.8. The van der Waals surface area contributed by atoms with Gasteiger partial charge in [0, 0.05) is 0 Å². The Morgan fingerprint density at radius 1 is 0.900 bits per heavy atom. The van der Waals surface area contributed by atoms with Crippen LogP contribution in [0.15, 0.2) is 0 Å². The highest BCUT2D eigenvalue weighted by atomic mass is 16.5. The van der Waals surface area contributed by atoms with Gasteiger partial charge in [-0.2, -0.15) is 0 Å². The summed E-state index contributed by atoms with van der Waals surface area (Å²) in [7, 11) is 0. The lowest BCUT2D eigenvalue weighted by atomic mass is 9.81. The zero-order chi connectivity index (χ0) is 14.8. The maximum Gasteiger partial charge on any atom is 0.308 e. The summed E-state index contributed by atoms with van der Waals surface area (Å²) in [5, 5.41) is 0. The molecule has 20 heavy (non-hydrogen) atoms. The maximum absolute atomic E-state index is 12.0. The lowest BCUT2D eigenvalue weighted by Gasteiger charge is -2.26. The van der Waals surface area contributed by atoms with Crippen molar-refractivity contribution in [2.45, 2.75) is 65.2 Å². The van der Waals surface area contributed by atoms with E-state index in [0.29, 0.717) is 19.6 Å². The highest BCUT2D eigenvalue weighted by molar-refractivity contribution is 5.76. The van der Waals surface area contributed by atoms with E-state index in [9.17, 15) is 9.59 Å². The largest absolute Gasteiger partial charge is 0.465 e. The number of hydrogen-bond acceptors (Lipinski definition) is 4. The van der Waals surface area contributed by atoms with E-state index < -0.39 is 0 Å². The van der Waals surface area contributed by atoms with Crippen molar-refractivity contribution < 1.29 is 19.1 Å². The van der Waals surface area contributed by atoms with Crippen LogP contribution in [-0.2, 0) is 19.1 Å². The molecular formula is C16H28O4. The summed E-state index contributed by atoms with van der Waals surface area (Å²) < 4.78 is 10.5. The quantitative estimate of drug-likeness (QED) is 0.506. The van der Waals surface area contributed by atoms with E-state index in [1.165, 1.54) is 0 Å². The Labute approximate surface area is 122 Å². The number of ether oxygens (including phenoxy) is 2. The van der Waals surface area contributed by atoms with Gasteiger partial charge < -0.3 is 9.47 Å². The highest BCUT2D eigenvalue weighted by Crippen LogP contribution is 2.30. The van der Waals surface area contributed by atoms with Gasteiger partial charge >= 0.3 is 11.9 Å². The van der Waals surface area contributed by atoms with E-state index in [1.807, 2.05) is 6.92 Å². The molecule has 0 amide bonds. The molecule has 1 aliphatic carbocycles. The van der Waals surface area contributed by atoms with Crippen molar-refractivity contribution in [2.75, 3.05) is 13.2 Å². The predicted molar refractivity (Wildman–Crippen MR) is 77.2 cm³/mol. The average molecular weight is 284 g/mol. The molecule has 0 aromatic carbocycles. The lowest BCUT2D eigenvalue weighted by Crippen LogP contribution is -2.30. The number of unbranched alkanes of at least 4 members (excludes halogenated alkanes) is 2. The molecule has 0 aliphatic heterocycles. The third kappa shape index (κ3) is 5.93. The van der Waals surface area contributed by atoms with Crippen LogP contribution in [0.1, 0.15) is 65.2 Å². The molecule has 0 spiro atoms. The monoisotopic (exact) mass is 284 g/mol. The second kappa shape index (κ2) is 9.78. The molecule has 0 aromatic heterocycles. The first-order valence-electron chi connectivity index (χ1n) is 8.02. The fraction of sp³-hybridized carbons (Fsp3) is 0.875. The molecule has 1 fully saturated rings. The molecular weight excluding hydrogens is 256 g/mol. The number of rotatable bonds is 8. The van der Waals surface area contributed by atoms with E-state index in [4.69, 9.17) is 9.47 Å². The fourth-order valence-electron chi connectivity index (χ4n) is 2.58. The molecule has 0 heterocycles. The minimum Gasteiger partial charge on any atom is -0.465 e. The van der Waals surface area contributed by atoms with Crippen molar-refractivity contribution in [1.82, 2.24) is 0 Å². The molecule has 0 radical (unpaired) electrons. The Kier molecular flexibility index (Phi) is 8.31. The van der Waals surface area contributed by atoms with Crippen LogP contribution in [0.2, 0.25) is 0 Å². The van der Waals surface area contributed by atoms with Crippen LogP contribution in [0.5, 0.6) is 0 Å². The van der Waals surface area contributed by atoms with Crippen molar-refractivity contribution in [1.29, 1.82) is 0 Å². The van der Waals surface area contributed by atoms with Gasteiger partial charge in [0.2, 0.25) is 0 Å². The first kappa shape index (κ1) is 17.0. The second-order valence-electron chi connectivity index (χ2n) is 5.60.